The number of rotatable bonds is 8. The number of carbonyl (C=O) groups is 1. The zero-order valence-corrected chi connectivity index (χ0v) is 17.1. The second-order valence-corrected chi connectivity index (χ2v) is 7.46. The van der Waals surface area contributed by atoms with Gasteiger partial charge in [0.15, 0.2) is 0 Å². The molecule has 2 aromatic rings. The average Bonchev–Trinajstić information content (AvgIpc) is 2.73. The molecule has 1 saturated heterocycles. The van der Waals surface area contributed by atoms with Gasteiger partial charge in [0.25, 0.3) is 5.91 Å². The van der Waals surface area contributed by atoms with Gasteiger partial charge in [0.05, 0.1) is 19.3 Å². The molecular weight excluding hydrogens is 371 g/mol. The topological polar surface area (TPSA) is 42.0 Å². The summed E-state index contributed by atoms with van der Waals surface area (Å²) >= 11 is 0. The van der Waals surface area contributed by atoms with Crippen molar-refractivity contribution in [1.82, 2.24) is 9.80 Å². The monoisotopic (exact) mass is 400 g/mol. The van der Waals surface area contributed by atoms with E-state index in [0.717, 1.165) is 30.8 Å². The molecule has 0 N–H and O–H groups in total. The van der Waals surface area contributed by atoms with Crippen LogP contribution in [0.3, 0.4) is 0 Å². The summed E-state index contributed by atoms with van der Waals surface area (Å²) in [4.78, 5) is 17.1. The molecule has 5 nitrogen and oxygen atoms in total. The van der Waals surface area contributed by atoms with Gasteiger partial charge in [-0.2, -0.15) is 0 Å². The standard InChI is InChI=1S/C23H29FN2O3/c1-18-3-7-20(8-4-18)23(27)26(12-13-28-2)17-22-16-25(11-14-29-22)15-19-5-9-21(24)10-6-19/h3-10,22H,11-17H2,1-2H3. The van der Waals surface area contributed by atoms with Crippen LogP contribution in [0.1, 0.15) is 21.5 Å². The molecule has 0 aliphatic carbocycles. The lowest BCUT2D eigenvalue weighted by atomic mass is 10.1. The number of hydrogen-bond donors (Lipinski definition) is 0. The van der Waals surface area contributed by atoms with Crippen molar-refractivity contribution in [3.8, 4) is 0 Å². The highest BCUT2D eigenvalue weighted by Crippen LogP contribution is 2.14. The van der Waals surface area contributed by atoms with E-state index < -0.39 is 0 Å². The molecule has 2 aromatic carbocycles. The van der Waals surface area contributed by atoms with Crippen LogP contribution in [0.5, 0.6) is 0 Å². The summed E-state index contributed by atoms with van der Waals surface area (Å²) in [5.74, 6) is -0.238. The number of morpholine rings is 1. The van der Waals surface area contributed by atoms with Crippen LogP contribution in [-0.2, 0) is 16.0 Å². The highest BCUT2D eigenvalue weighted by Gasteiger charge is 2.25. The van der Waals surface area contributed by atoms with Gasteiger partial charge in [-0.25, -0.2) is 4.39 Å². The third-order valence-corrected chi connectivity index (χ3v) is 5.12. The van der Waals surface area contributed by atoms with Crippen molar-refractivity contribution in [1.29, 1.82) is 0 Å². The van der Waals surface area contributed by atoms with E-state index in [1.807, 2.05) is 43.3 Å². The molecule has 0 aromatic heterocycles. The second-order valence-electron chi connectivity index (χ2n) is 7.46. The van der Waals surface area contributed by atoms with Crippen molar-refractivity contribution in [2.24, 2.45) is 0 Å². The predicted octanol–water partition coefficient (Wildman–Crippen LogP) is 3.12. The summed E-state index contributed by atoms with van der Waals surface area (Å²) in [6.07, 6.45) is -0.0737. The number of benzene rings is 2. The molecule has 1 atom stereocenters. The Labute approximate surface area is 172 Å². The fraction of sp³-hybridized carbons (Fsp3) is 0.435. The Bertz CT molecular complexity index is 780. The summed E-state index contributed by atoms with van der Waals surface area (Å²) in [5, 5.41) is 0. The number of amides is 1. The maximum atomic E-state index is 13.1. The van der Waals surface area contributed by atoms with E-state index in [9.17, 15) is 9.18 Å². The summed E-state index contributed by atoms with van der Waals surface area (Å²) in [7, 11) is 1.63. The van der Waals surface area contributed by atoms with Gasteiger partial charge in [-0.15, -0.1) is 0 Å². The number of aryl methyl sites for hydroxylation is 1. The van der Waals surface area contributed by atoms with Gasteiger partial charge in [0.2, 0.25) is 0 Å². The number of halogens is 1. The maximum Gasteiger partial charge on any atom is 0.254 e. The summed E-state index contributed by atoms with van der Waals surface area (Å²) in [6.45, 7) is 6.40. The van der Waals surface area contributed by atoms with Crippen molar-refractivity contribution in [2.75, 3.05) is 46.5 Å². The molecule has 0 spiro atoms. The molecule has 1 aliphatic rings. The van der Waals surface area contributed by atoms with E-state index in [1.54, 1.807) is 12.0 Å². The first kappa shape index (κ1) is 21.4. The van der Waals surface area contributed by atoms with Gasteiger partial charge in [-0.1, -0.05) is 29.8 Å². The van der Waals surface area contributed by atoms with Crippen LogP contribution >= 0.6 is 0 Å². The van der Waals surface area contributed by atoms with Gasteiger partial charge >= 0.3 is 0 Å². The minimum Gasteiger partial charge on any atom is -0.383 e. The van der Waals surface area contributed by atoms with Crippen LogP contribution in [-0.4, -0.2) is 68.3 Å². The lowest BCUT2D eigenvalue weighted by molar-refractivity contribution is -0.0444. The van der Waals surface area contributed by atoms with E-state index in [0.29, 0.717) is 31.9 Å². The molecule has 0 bridgehead atoms. The number of nitrogens with zero attached hydrogens (tertiary/aromatic N) is 2. The molecule has 1 aliphatic heterocycles. The average molecular weight is 400 g/mol. The first-order valence-corrected chi connectivity index (χ1v) is 9.98. The predicted molar refractivity (Wildman–Crippen MR) is 110 cm³/mol. The van der Waals surface area contributed by atoms with E-state index in [4.69, 9.17) is 9.47 Å². The molecule has 1 unspecified atom stereocenters. The first-order valence-electron chi connectivity index (χ1n) is 9.98. The molecule has 3 rings (SSSR count). The zero-order chi connectivity index (χ0) is 20.6. The van der Waals surface area contributed by atoms with Crippen LogP contribution in [0.2, 0.25) is 0 Å². The lowest BCUT2D eigenvalue weighted by Gasteiger charge is -2.36. The number of methoxy groups -OCH3 is 1. The number of hydrogen-bond acceptors (Lipinski definition) is 4. The van der Waals surface area contributed by atoms with Crippen LogP contribution in [0, 0.1) is 12.7 Å². The minimum atomic E-state index is -0.225. The van der Waals surface area contributed by atoms with Crippen molar-refractivity contribution in [2.45, 2.75) is 19.6 Å². The molecule has 1 amide bonds. The smallest absolute Gasteiger partial charge is 0.254 e. The Balaban J connectivity index is 1.62. The molecule has 6 heteroatoms. The van der Waals surface area contributed by atoms with E-state index in [1.165, 1.54) is 12.1 Å². The molecular formula is C23H29FN2O3. The third kappa shape index (κ3) is 6.35. The second kappa shape index (κ2) is 10.5. The third-order valence-electron chi connectivity index (χ3n) is 5.12. The quantitative estimate of drug-likeness (QED) is 0.683. The van der Waals surface area contributed by atoms with Crippen molar-refractivity contribution >= 4 is 5.91 Å². The van der Waals surface area contributed by atoms with Gasteiger partial charge in [-0.05, 0) is 36.8 Å². The highest BCUT2D eigenvalue weighted by atomic mass is 19.1. The SMILES string of the molecule is COCCN(CC1CN(Cc2ccc(F)cc2)CCO1)C(=O)c1ccc(C)cc1. The van der Waals surface area contributed by atoms with Crippen LogP contribution in [0.25, 0.3) is 0 Å². The summed E-state index contributed by atoms with van der Waals surface area (Å²) in [6, 6.07) is 14.2. The maximum absolute atomic E-state index is 13.1. The zero-order valence-electron chi connectivity index (χ0n) is 17.1. The van der Waals surface area contributed by atoms with E-state index in [-0.39, 0.29) is 17.8 Å². The van der Waals surface area contributed by atoms with Crippen molar-refractivity contribution in [3.05, 3.63) is 71.0 Å². The Kier molecular flexibility index (Phi) is 7.75. The Hall–Kier alpha value is -2.28. The summed E-state index contributed by atoms with van der Waals surface area (Å²) in [5.41, 5.74) is 2.86. The molecule has 1 fully saturated rings. The fourth-order valence-corrected chi connectivity index (χ4v) is 3.48. The van der Waals surface area contributed by atoms with Crippen LogP contribution in [0.15, 0.2) is 48.5 Å². The molecule has 0 radical (unpaired) electrons. The molecule has 0 saturated carbocycles. The number of carbonyl (C=O) groups excluding carboxylic acids is 1. The van der Waals surface area contributed by atoms with E-state index >= 15 is 0 Å². The van der Waals surface area contributed by atoms with Gasteiger partial charge < -0.3 is 14.4 Å². The highest BCUT2D eigenvalue weighted by molar-refractivity contribution is 5.94. The van der Waals surface area contributed by atoms with E-state index in [2.05, 4.69) is 4.90 Å². The fourth-order valence-electron chi connectivity index (χ4n) is 3.48. The Morgan fingerprint density at radius 3 is 2.62 bits per heavy atom. The molecule has 1 heterocycles. The largest absolute Gasteiger partial charge is 0.383 e. The first-order chi connectivity index (χ1) is 14.0. The van der Waals surface area contributed by atoms with Gasteiger partial charge in [0.1, 0.15) is 5.82 Å². The Morgan fingerprint density at radius 1 is 1.21 bits per heavy atom. The van der Waals surface area contributed by atoms with Gasteiger partial charge in [0, 0.05) is 45.4 Å². The van der Waals surface area contributed by atoms with Gasteiger partial charge in [-0.3, -0.25) is 9.69 Å². The number of ether oxygens (including phenoxy) is 2. The molecule has 156 valence electrons. The van der Waals surface area contributed by atoms with Crippen molar-refractivity contribution in [3.63, 3.8) is 0 Å². The molecule has 29 heavy (non-hydrogen) atoms. The normalized spacial score (nSPS) is 17.3. The van der Waals surface area contributed by atoms with Crippen LogP contribution < -0.4 is 0 Å². The minimum absolute atomic E-state index is 0.0127. The Morgan fingerprint density at radius 2 is 1.93 bits per heavy atom. The van der Waals surface area contributed by atoms with Crippen molar-refractivity contribution < 1.29 is 18.7 Å². The van der Waals surface area contributed by atoms with Crippen LogP contribution in [0.4, 0.5) is 4.39 Å². The lowest BCUT2D eigenvalue weighted by Crippen LogP contribution is -2.49. The summed E-state index contributed by atoms with van der Waals surface area (Å²) < 4.78 is 24.3.